The number of rotatable bonds is 7. The van der Waals surface area contributed by atoms with E-state index in [2.05, 4.69) is 15.3 Å². The average Bonchev–Trinajstić information content (AvgIpc) is 2.72. The monoisotopic (exact) mass is 416 g/mol. The maximum Gasteiger partial charge on any atom is 0.238 e. The van der Waals surface area contributed by atoms with E-state index in [0.717, 1.165) is 16.7 Å². The number of aliphatic hydroxyl groups excluding tert-OH is 1. The number of hydrogen-bond donors (Lipinski definition) is 3. The van der Waals surface area contributed by atoms with E-state index >= 15 is 0 Å². The summed E-state index contributed by atoms with van der Waals surface area (Å²) in [5, 5.41) is 18.5. The molecular weight excluding hydrogens is 396 g/mol. The van der Waals surface area contributed by atoms with Crippen LogP contribution >= 0.6 is 11.8 Å². The number of nitrogens with two attached hydrogens (primary N) is 1. The molecule has 146 valence electrons. The van der Waals surface area contributed by atoms with Crippen molar-refractivity contribution >= 4 is 27.6 Å². The van der Waals surface area contributed by atoms with Gasteiger partial charge in [0.2, 0.25) is 10.0 Å². The zero-order valence-corrected chi connectivity index (χ0v) is 16.8. The topological polar surface area (TPSA) is 118 Å². The minimum absolute atomic E-state index is 0.0839. The van der Waals surface area contributed by atoms with Crippen LogP contribution in [0, 0.1) is 0 Å². The summed E-state index contributed by atoms with van der Waals surface area (Å²) in [4.78, 5) is 8.62. The number of anilines is 1. The molecule has 7 nitrogen and oxygen atoms in total. The summed E-state index contributed by atoms with van der Waals surface area (Å²) in [6.45, 7) is 0.381. The number of aromatic nitrogens is 2. The van der Waals surface area contributed by atoms with Gasteiger partial charge in [0.1, 0.15) is 5.82 Å². The molecule has 0 fully saturated rings. The van der Waals surface area contributed by atoms with Crippen LogP contribution in [-0.2, 0) is 23.2 Å². The Morgan fingerprint density at radius 1 is 1.14 bits per heavy atom. The van der Waals surface area contributed by atoms with Crippen molar-refractivity contribution in [2.45, 2.75) is 23.2 Å². The molecule has 1 aromatic heterocycles. The van der Waals surface area contributed by atoms with E-state index in [1.54, 1.807) is 18.3 Å². The molecule has 0 atom stereocenters. The second kappa shape index (κ2) is 8.70. The molecule has 28 heavy (non-hydrogen) atoms. The second-order valence-corrected chi connectivity index (χ2v) is 8.35. The predicted octanol–water partition coefficient (Wildman–Crippen LogP) is 2.62. The fourth-order valence-electron chi connectivity index (χ4n) is 2.61. The Morgan fingerprint density at radius 2 is 1.89 bits per heavy atom. The fraction of sp³-hybridized carbons (Fsp3) is 0.158. The van der Waals surface area contributed by atoms with Crippen LogP contribution in [0.25, 0.3) is 11.1 Å². The Kier molecular flexibility index (Phi) is 6.30. The molecule has 0 aliphatic rings. The van der Waals surface area contributed by atoms with Crippen molar-refractivity contribution in [3.8, 4) is 11.1 Å². The third-order valence-corrected chi connectivity index (χ3v) is 5.58. The number of hydrogen-bond acceptors (Lipinski definition) is 7. The van der Waals surface area contributed by atoms with Crippen molar-refractivity contribution in [3.05, 3.63) is 65.9 Å². The van der Waals surface area contributed by atoms with Crippen molar-refractivity contribution in [1.29, 1.82) is 0 Å². The first-order valence-electron chi connectivity index (χ1n) is 8.37. The van der Waals surface area contributed by atoms with Gasteiger partial charge in [-0.05, 0) is 35.1 Å². The molecule has 0 radical (unpaired) electrons. The molecule has 0 spiro atoms. The minimum atomic E-state index is -3.74. The number of aliphatic hydroxyl groups is 1. The maximum absolute atomic E-state index is 11.5. The van der Waals surface area contributed by atoms with Gasteiger partial charge in [0.25, 0.3) is 0 Å². The van der Waals surface area contributed by atoms with Gasteiger partial charge >= 0.3 is 0 Å². The number of nitrogens with zero attached hydrogens (tertiary/aromatic N) is 2. The molecule has 3 aromatic rings. The zero-order valence-electron chi connectivity index (χ0n) is 15.2. The largest absolute Gasteiger partial charge is 0.391 e. The number of benzene rings is 2. The van der Waals surface area contributed by atoms with Crippen LogP contribution in [0.4, 0.5) is 5.82 Å². The third kappa shape index (κ3) is 4.87. The van der Waals surface area contributed by atoms with Crippen LogP contribution in [0.2, 0.25) is 0 Å². The van der Waals surface area contributed by atoms with Crippen molar-refractivity contribution < 1.29 is 13.5 Å². The van der Waals surface area contributed by atoms with Crippen molar-refractivity contribution in [2.75, 3.05) is 11.6 Å². The highest BCUT2D eigenvalue weighted by molar-refractivity contribution is 7.98. The van der Waals surface area contributed by atoms with Gasteiger partial charge in [-0.25, -0.2) is 23.5 Å². The van der Waals surface area contributed by atoms with Gasteiger partial charge in [0.05, 0.1) is 11.5 Å². The first-order valence-corrected chi connectivity index (χ1v) is 11.1. The van der Waals surface area contributed by atoms with Gasteiger partial charge in [0.15, 0.2) is 5.16 Å². The van der Waals surface area contributed by atoms with Gasteiger partial charge in [-0.1, -0.05) is 48.2 Å². The van der Waals surface area contributed by atoms with Crippen LogP contribution in [0.15, 0.2) is 64.8 Å². The van der Waals surface area contributed by atoms with Crippen LogP contribution in [0.5, 0.6) is 0 Å². The van der Waals surface area contributed by atoms with Crippen LogP contribution < -0.4 is 10.5 Å². The number of primary sulfonamides is 1. The maximum atomic E-state index is 11.5. The smallest absolute Gasteiger partial charge is 0.238 e. The SMILES string of the molecule is CSc1ncc(CO)c(NCc2ccc(-c3cccc(S(N)(=O)=O)c3)cc2)n1. The summed E-state index contributed by atoms with van der Waals surface area (Å²) < 4.78 is 23.1. The fourth-order valence-corrected chi connectivity index (χ4v) is 3.51. The van der Waals surface area contributed by atoms with E-state index in [0.29, 0.717) is 23.1 Å². The van der Waals surface area contributed by atoms with Gasteiger partial charge in [0, 0.05) is 18.3 Å². The molecular formula is C19H20N4O3S2. The Labute approximate surface area is 168 Å². The van der Waals surface area contributed by atoms with Crippen LogP contribution in [-0.4, -0.2) is 29.7 Å². The molecule has 0 saturated heterocycles. The zero-order chi connectivity index (χ0) is 20.1. The molecule has 0 amide bonds. The lowest BCUT2D eigenvalue weighted by Gasteiger charge is -2.11. The summed E-state index contributed by atoms with van der Waals surface area (Å²) in [7, 11) is -3.74. The molecule has 0 aliphatic carbocycles. The molecule has 1 heterocycles. The molecule has 9 heteroatoms. The second-order valence-electron chi connectivity index (χ2n) is 6.01. The molecule has 0 aliphatic heterocycles. The van der Waals surface area contributed by atoms with E-state index < -0.39 is 10.0 Å². The highest BCUT2D eigenvalue weighted by Crippen LogP contribution is 2.23. The molecule has 2 aromatic carbocycles. The summed E-state index contributed by atoms with van der Waals surface area (Å²) >= 11 is 1.43. The van der Waals surface area contributed by atoms with Crippen molar-refractivity contribution in [2.24, 2.45) is 5.14 Å². The van der Waals surface area contributed by atoms with E-state index in [1.165, 1.54) is 17.8 Å². The summed E-state index contributed by atoms with van der Waals surface area (Å²) in [6, 6.07) is 14.3. The summed E-state index contributed by atoms with van der Waals surface area (Å²) in [5.41, 5.74) is 3.31. The number of nitrogens with one attached hydrogen (secondary N) is 1. The van der Waals surface area contributed by atoms with Gasteiger partial charge in [-0.2, -0.15) is 0 Å². The standard InChI is InChI=1S/C19H20N4O3S2/c1-27-19-22-11-16(12-24)18(23-19)21-10-13-5-7-14(8-6-13)15-3-2-4-17(9-15)28(20,25)26/h2-9,11,24H,10,12H2,1H3,(H2,20,25,26)(H,21,22,23). The van der Waals surface area contributed by atoms with Gasteiger partial charge in [-0.15, -0.1) is 0 Å². The predicted molar refractivity (Wildman–Crippen MR) is 110 cm³/mol. The lowest BCUT2D eigenvalue weighted by atomic mass is 10.0. The first-order chi connectivity index (χ1) is 13.4. The summed E-state index contributed by atoms with van der Waals surface area (Å²) in [6.07, 6.45) is 3.50. The molecule has 0 unspecified atom stereocenters. The van der Waals surface area contributed by atoms with E-state index in [4.69, 9.17) is 5.14 Å². The third-order valence-electron chi connectivity index (χ3n) is 4.11. The average molecular weight is 417 g/mol. The first kappa shape index (κ1) is 20.3. The number of thioether (sulfide) groups is 1. The van der Waals surface area contributed by atoms with Crippen molar-refractivity contribution in [1.82, 2.24) is 9.97 Å². The molecule has 4 N–H and O–H groups in total. The highest BCUT2D eigenvalue weighted by atomic mass is 32.2. The van der Waals surface area contributed by atoms with E-state index in [9.17, 15) is 13.5 Å². The van der Waals surface area contributed by atoms with Gasteiger partial charge < -0.3 is 10.4 Å². The molecule has 0 bridgehead atoms. The lowest BCUT2D eigenvalue weighted by molar-refractivity contribution is 0.281. The van der Waals surface area contributed by atoms with E-state index in [-0.39, 0.29) is 11.5 Å². The quantitative estimate of drug-likeness (QED) is 0.400. The minimum Gasteiger partial charge on any atom is -0.391 e. The van der Waals surface area contributed by atoms with Crippen molar-refractivity contribution in [3.63, 3.8) is 0 Å². The Bertz CT molecular complexity index is 1070. The van der Waals surface area contributed by atoms with Crippen LogP contribution in [0.3, 0.4) is 0 Å². The number of sulfonamides is 1. The highest BCUT2D eigenvalue weighted by Gasteiger charge is 2.09. The summed E-state index contributed by atoms with van der Waals surface area (Å²) in [5.74, 6) is 0.604. The molecule has 0 saturated carbocycles. The Morgan fingerprint density at radius 3 is 2.54 bits per heavy atom. The van der Waals surface area contributed by atoms with Crippen LogP contribution in [0.1, 0.15) is 11.1 Å². The lowest BCUT2D eigenvalue weighted by Crippen LogP contribution is -2.11. The Balaban J connectivity index is 1.76. The van der Waals surface area contributed by atoms with E-state index in [1.807, 2.05) is 36.6 Å². The Hall–Kier alpha value is -2.46. The molecule has 3 rings (SSSR count). The van der Waals surface area contributed by atoms with Gasteiger partial charge in [-0.3, -0.25) is 0 Å². The normalized spacial score (nSPS) is 11.4.